The van der Waals surface area contributed by atoms with Crippen LogP contribution in [0.4, 0.5) is 11.5 Å². The number of fused-ring (bicyclic) bond motifs is 1. The Morgan fingerprint density at radius 2 is 1.96 bits per heavy atom. The molecular weight excluding hydrogens is 316 g/mol. The number of rotatable bonds is 3. The van der Waals surface area contributed by atoms with Crippen LogP contribution in [0.1, 0.15) is 29.7 Å². The van der Waals surface area contributed by atoms with E-state index in [1.54, 1.807) is 19.2 Å². The predicted molar refractivity (Wildman–Crippen MR) is 97.3 cm³/mol. The first-order valence-corrected chi connectivity index (χ1v) is 8.33. The van der Waals surface area contributed by atoms with Crippen molar-refractivity contribution in [3.63, 3.8) is 0 Å². The third-order valence-corrected chi connectivity index (χ3v) is 4.52. The Morgan fingerprint density at radius 3 is 2.64 bits per heavy atom. The van der Waals surface area contributed by atoms with E-state index in [4.69, 9.17) is 0 Å². The van der Waals surface area contributed by atoms with Crippen LogP contribution in [0.25, 0.3) is 0 Å². The molecule has 0 fully saturated rings. The second-order valence-electron chi connectivity index (χ2n) is 6.47. The van der Waals surface area contributed by atoms with Gasteiger partial charge >= 0.3 is 11.8 Å². The molecule has 1 aliphatic rings. The van der Waals surface area contributed by atoms with Gasteiger partial charge < -0.3 is 16.0 Å². The summed E-state index contributed by atoms with van der Waals surface area (Å²) >= 11 is 0. The Bertz CT molecular complexity index is 802. The molecule has 3 N–H and O–H groups in total. The number of carbonyl (C=O) groups is 2. The Morgan fingerprint density at radius 1 is 1.16 bits per heavy atom. The molecule has 25 heavy (non-hydrogen) atoms. The van der Waals surface area contributed by atoms with Gasteiger partial charge in [0, 0.05) is 7.05 Å². The molecule has 0 radical (unpaired) electrons. The summed E-state index contributed by atoms with van der Waals surface area (Å²) in [6, 6.07) is 9.54. The van der Waals surface area contributed by atoms with Gasteiger partial charge in [-0.05, 0) is 42.5 Å². The number of hydrogen-bond acceptors (Lipinski definition) is 4. The number of aromatic nitrogens is 1. The summed E-state index contributed by atoms with van der Waals surface area (Å²) < 4.78 is 0. The molecule has 1 aromatic heterocycles. The largest absolute Gasteiger partial charge is 0.373 e. The first kappa shape index (κ1) is 17.0. The molecule has 2 unspecified atom stereocenters. The fourth-order valence-electron chi connectivity index (χ4n) is 3.19. The van der Waals surface area contributed by atoms with Gasteiger partial charge in [0.25, 0.3) is 0 Å². The molecule has 0 aliphatic heterocycles. The number of hydrogen-bond donors (Lipinski definition) is 3. The van der Waals surface area contributed by atoms with Crippen LogP contribution in [0, 0.1) is 12.8 Å². The molecule has 1 aliphatic carbocycles. The summed E-state index contributed by atoms with van der Waals surface area (Å²) in [6.07, 6.45) is 2.41. The minimum Gasteiger partial charge on any atom is -0.373 e. The summed E-state index contributed by atoms with van der Waals surface area (Å²) in [5.41, 5.74) is 3.96. The topological polar surface area (TPSA) is 83.1 Å². The van der Waals surface area contributed by atoms with E-state index in [0.717, 1.165) is 17.5 Å². The first-order chi connectivity index (χ1) is 12.0. The summed E-state index contributed by atoms with van der Waals surface area (Å²) in [7, 11) is 1.76. The Kier molecular flexibility index (Phi) is 4.70. The SMILES string of the molecule is CNc1ccc(NC(=O)C(=O)NC2c3cc(C)ccc3CC2C)cn1. The number of pyridine rings is 1. The summed E-state index contributed by atoms with van der Waals surface area (Å²) in [5.74, 6) is -0.379. The molecule has 2 amide bonds. The smallest absolute Gasteiger partial charge is 0.313 e. The van der Waals surface area contributed by atoms with E-state index in [2.05, 4.69) is 46.1 Å². The van der Waals surface area contributed by atoms with Gasteiger partial charge in [0.15, 0.2) is 0 Å². The lowest BCUT2D eigenvalue weighted by Crippen LogP contribution is -2.38. The maximum Gasteiger partial charge on any atom is 0.313 e. The molecule has 1 aromatic carbocycles. The van der Waals surface area contributed by atoms with Crippen molar-refractivity contribution in [3.8, 4) is 0 Å². The molecule has 0 saturated heterocycles. The highest BCUT2D eigenvalue weighted by Gasteiger charge is 2.32. The maximum atomic E-state index is 12.3. The Balaban J connectivity index is 1.67. The van der Waals surface area contributed by atoms with Crippen LogP contribution in [0.5, 0.6) is 0 Å². The number of carbonyl (C=O) groups excluding carboxylic acids is 2. The lowest BCUT2D eigenvalue weighted by molar-refractivity contribution is -0.136. The Labute approximate surface area is 147 Å². The van der Waals surface area contributed by atoms with Crippen molar-refractivity contribution >= 4 is 23.3 Å². The molecule has 1 heterocycles. The third kappa shape index (κ3) is 3.63. The molecule has 0 spiro atoms. The van der Waals surface area contributed by atoms with Gasteiger partial charge in [-0.1, -0.05) is 30.7 Å². The van der Waals surface area contributed by atoms with Crippen LogP contribution in [-0.2, 0) is 16.0 Å². The number of benzene rings is 1. The first-order valence-electron chi connectivity index (χ1n) is 8.33. The summed E-state index contributed by atoms with van der Waals surface area (Å²) in [4.78, 5) is 28.6. The van der Waals surface area contributed by atoms with Crippen LogP contribution in [0.2, 0.25) is 0 Å². The lowest BCUT2D eigenvalue weighted by atomic mass is 10.0. The highest BCUT2D eigenvalue weighted by atomic mass is 16.2. The van der Waals surface area contributed by atoms with E-state index >= 15 is 0 Å². The van der Waals surface area contributed by atoms with E-state index in [-0.39, 0.29) is 12.0 Å². The molecule has 6 nitrogen and oxygen atoms in total. The zero-order chi connectivity index (χ0) is 18.0. The fraction of sp³-hybridized carbons (Fsp3) is 0.316. The van der Waals surface area contributed by atoms with Gasteiger partial charge in [0.2, 0.25) is 0 Å². The number of nitrogens with one attached hydrogen (secondary N) is 3. The van der Waals surface area contributed by atoms with Crippen LogP contribution in [-0.4, -0.2) is 23.8 Å². The number of anilines is 2. The molecule has 2 aromatic rings. The van der Waals surface area contributed by atoms with Gasteiger partial charge in [-0.3, -0.25) is 9.59 Å². The number of amides is 2. The van der Waals surface area contributed by atoms with Crippen molar-refractivity contribution in [2.24, 2.45) is 5.92 Å². The molecule has 3 rings (SSSR count). The van der Waals surface area contributed by atoms with E-state index in [9.17, 15) is 9.59 Å². The van der Waals surface area contributed by atoms with Crippen molar-refractivity contribution in [2.75, 3.05) is 17.7 Å². The second kappa shape index (κ2) is 6.93. The zero-order valence-electron chi connectivity index (χ0n) is 14.6. The number of aryl methyl sites for hydroxylation is 1. The van der Waals surface area contributed by atoms with Crippen molar-refractivity contribution < 1.29 is 9.59 Å². The van der Waals surface area contributed by atoms with Crippen LogP contribution in [0.15, 0.2) is 36.5 Å². The molecule has 130 valence electrons. The zero-order valence-corrected chi connectivity index (χ0v) is 14.6. The van der Waals surface area contributed by atoms with E-state index in [1.165, 1.54) is 11.8 Å². The predicted octanol–water partition coefficient (Wildman–Crippen LogP) is 2.42. The number of nitrogens with zero attached hydrogens (tertiary/aromatic N) is 1. The standard InChI is InChI=1S/C19H22N4O2/c1-11-4-5-13-9-12(2)17(15(13)8-11)23-19(25)18(24)22-14-6-7-16(20-3)21-10-14/h4-8,10,12,17H,9H2,1-3H3,(H,20,21)(H,22,24)(H,23,25). The molecule has 6 heteroatoms. The van der Waals surface area contributed by atoms with Crippen LogP contribution < -0.4 is 16.0 Å². The Hall–Kier alpha value is -2.89. The molecule has 2 atom stereocenters. The highest BCUT2D eigenvalue weighted by molar-refractivity contribution is 6.39. The average Bonchev–Trinajstić information content (AvgIpc) is 2.90. The van der Waals surface area contributed by atoms with Gasteiger partial charge in [0.05, 0.1) is 17.9 Å². The van der Waals surface area contributed by atoms with Gasteiger partial charge in [-0.15, -0.1) is 0 Å². The minimum absolute atomic E-state index is 0.141. The van der Waals surface area contributed by atoms with Gasteiger partial charge in [-0.2, -0.15) is 0 Å². The minimum atomic E-state index is -0.688. The van der Waals surface area contributed by atoms with E-state index in [1.807, 2.05) is 6.92 Å². The normalized spacial score (nSPS) is 18.4. The summed E-state index contributed by atoms with van der Waals surface area (Å²) in [5, 5.41) is 8.34. The molecule has 0 bridgehead atoms. The van der Waals surface area contributed by atoms with Gasteiger partial charge in [-0.25, -0.2) is 4.98 Å². The van der Waals surface area contributed by atoms with Crippen molar-refractivity contribution in [1.29, 1.82) is 0 Å². The van der Waals surface area contributed by atoms with E-state index < -0.39 is 11.8 Å². The van der Waals surface area contributed by atoms with Crippen LogP contribution in [0.3, 0.4) is 0 Å². The fourth-order valence-corrected chi connectivity index (χ4v) is 3.19. The quantitative estimate of drug-likeness (QED) is 0.751. The second-order valence-corrected chi connectivity index (χ2v) is 6.47. The molecule has 0 saturated carbocycles. The van der Waals surface area contributed by atoms with Crippen molar-refractivity contribution in [2.45, 2.75) is 26.3 Å². The highest BCUT2D eigenvalue weighted by Crippen LogP contribution is 2.36. The summed E-state index contributed by atoms with van der Waals surface area (Å²) in [6.45, 7) is 4.11. The monoisotopic (exact) mass is 338 g/mol. The van der Waals surface area contributed by atoms with E-state index in [0.29, 0.717) is 11.5 Å². The van der Waals surface area contributed by atoms with Crippen molar-refractivity contribution in [3.05, 3.63) is 53.2 Å². The van der Waals surface area contributed by atoms with Crippen LogP contribution >= 0.6 is 0 Å². The third-order valence-electron chi connectivity index (χ3n) is 4.52. The molecular formula is C19H22N4O2. The maximum absolute atomic E-state index is 12.3. The van der Waals surface area contributed by atoms with Gasteiger partial charge in [0.1, 0.15) is 5.82 Å². The van der Waals surface area contributed by atoms with Crippen molar-refractivity contribution in [1.82, 2.24) is 10.3 Å². The average molecular weight is 338 g/mol. The lowest BCUT2D eigenvalue weighted by Gasteiger charge is -2.18.